The molecule has 1 saturated heterocycles. The molecule has 0 radical (unpaired) electrons. The van der Waals surface area contributed by atoms with Crippen molar-refractivity contribution in [1.82, 2.24) is 4.90 Å². The van der Waals surface area contributed by atoms with Crippen molar-refractivity contribution < 1.29 is 9.53 Å². The fourth-order valence-electron chi connectivity index (χ4n) is 2.30. The van der Waals surface area contributed by atoms with Crippen molar-refractivity contribution in [2.75, 3.05) is 13.7 Å². The number of amidine groups is 1. The van der Waals surface area contributed by atoms with E-state index < -0.39 is 0 Å². The molecule has 0 saturated carbocycles. The number of ether oxygens (including phenoxy) is 1. The van der Waals surface area contributed by atoms with Gasteiger partial charge in [0.05, 0.1) is 10.6 Å². The summed E-state index contributed by atoms with van der Waals surface area (Å²) in [6.07, 6.45) is 3.51. The quantitative estimate of drug-likeness (QED) is 0.529. The van der Waals surface area contributed by atoms with Crippen LogP contribution >= 0.6 is 23.4 Å². The Morgan fingerprint density at radius 3 is 2.69 bits per heavy atom. The van der Waals surface area contributed by atoms with Crippen LogP contribution in [0.2, 0.25) is 5.02 Å². The molecule has 1 amide bonds. The van der Waals surface area contributed by atoms with E-state index in [1.54, 1.807) is 25.3 Å². The molecule has 0 bridgehead atoms. The number of benzene rings is 2. The number of aliphatic imine (C=N–C) groups is 1. The third-order valence-electron chi connectivity index (χ3n) is 3.62. The van der Waals surface area contributed by atoms with Crippen molar-refractivity contribution in [3.63, 3.8) is 0 Å². The standard InChI is InChI=1S/C20H17ClN2O2S/c1-3-12-25-17-7-5-4-6-14(17)13-18-19(24)23(2)20(26-18)22-16-10-8-15(21)9-11-16/h3-11,13H,1,12H2,2H3/b18-13+,22-20?. The van der Waals surface area contributed by atoms with E-state index in [9.17, 15) is 4.79 Å². The predicted octanol–water partition coefficient (Wildman–Crippen LogP) is 5.14. The number of amides is 1. The van der Waals surface area contributed by atoms with Crippen molar-refractivity contribution in [3.05, 3.63) is 76.7 Å². The van der Waals surface area contributed by atoms with Gasteiger partial charge in [-0.3, -0.25) is 9.69 Å². The van der Waals surface area contributed by atoms with Crippen LogP contribution in [0.25, 0.3) is 6.08 Å². The second kappa shape index (κ2) is 8.25. The van der Waals surface area contributed by atoms with Crippen LogP contribution in [0.15, 0.2) is 71.1 Å². The van der Waals surface area contributed by atoms with Crippen LogP contribution < -0.4 is 4.74 Å². The third-order valence-corrected chi connectivity index (χ3v) is 4.93. The molecule has 0 spiro atoms. The highest BCUT2D eigenvalue weighted by Gasteiger charge is 2.30. The molecule has 4 nitrogen and oxygen atoms in total. The van der Waals surface area contributed by atoms with Crippen LogP contribution in [0.3, 0.4) is 0 Å². The van der Waals surface area contributed by atoms with Gasteiger partial charge < -0.3 is 4.74 Å². The molecule has 1 fully saturated rings. The molecule has 3 rings (SSSR count). The molecule has 0 N–H and O–H groups in total. The van der Waals surface area contributed by atoms with E-state index in [1.807, 2.05) is 42.5 Å². The summed E-state index contributed by atoms with van der Waals surface area (Å²) in [7, 11) is 1.71. The number of likely N-dealkylation sites (N-methyl/N-ethyl adjacent to an activating group) is 1. The highest BCUT2D eigenvalue weighted by Crippen LogP contribution is 2.34. The van der Waals surface area contributed by atoms with Gasteiger partial charge in [-0.15, -0.1) is 0 Å². The van der Waals surface area contributed by atoms with Crippen molar-refractivity contribution in [1.29, 1.82) is 0 Å². The molecule has 6 heteroatoms. The van der Waals surface area contributed by atoms with Gasteiger partial charge >= 0.3 is 0 Å². The minimum Gasteiger partial charge on any atom is -0.489 e. The lowest BCUT2D eigenvalue weighted by molar-refractivity contribution is -0.121. The molecule has 2 aromatic carbocycles. The van der Waals surface area contributed by atoms with Gasteiger partial charge in [-0.2, -0.15) is 0 Å². The number of rotatable bonds is 5. The van der Waals surface area contributed by atoms with E-state index in [-0.39, 0.29) is 5.91 Å². The van der Waals surface area contributed by atoms with Crippen molar-refractivity contribution in [2.24, 2.45) is 4.99 Å². The van der Waals surface area contributed by atoms with E-state index >= 15 is 0 Å². The minimum atomic E-state index is -0.0961. The average Bonchev–Trinajstić information content (AvgIpc) is 2.91. The SMILES string of the molecule is C=CCOc1ccccc1/C=C1/SC(=Nc2ccc(Cl)cc2)N(C)C1=O. The van der Waals surface area contributed by atoms with E-state index in [4.69, 9.17) is 16.3 Å². The fraction of sp³-hybridized carbons (Fsp3) is 0.100. The molecule has 1 aliphatic heterocycles. The average molecular weight is 385 g/mol. The summed E-state index contributed by atoms with van der Waals surface area (Å²) in [6.45, 7) is 4.06. The highest BCUT2D eigenvalue weighted by molar-refractivity contribution is 8.18. The maximum Gasteiger partial charge on any atom is 0.266 e. The summed E-state index contributed by atoms with van der Waals surface area (Å²) in [6, 6.07) is 14.7. The number of carbonyl (C=O) groups excluding carboxylic acids is 1. The van der Waals surface area contributed by atoms with Crippen LogP contribution in [0, 0.1) is 0 Å². The van der Waals surface area contributed by atoms with Crippen molar-refractivity contribution >= 4 is 46.2 Å². The Kier molecular flexibility index (Phi) is 5.81. The first-order chi connectivity index (χ1) is 12.6. The molecule has 0 atom stereocenters. The maximum atomic E-state index is 12.6. The Hall–Kier alpha value is -2.50. The van der Waals surface area contributed by atoms with Crippen LogP contribution in [-0.4, -0.2) is 29.6 Å². The lowest BCUT2D eigenvalue weighted by Crippen LogP contribution is -2.23. The number of nitrogens with zero attached hydrogens (tertiary/aromatic N) is 2. The number of thioether (sulfide) groups is 1. The molecule has 132 valence electrons. The number of hydrogen-bond acceptors (Lipinski definition) is 4. The normalized spacial score (nSPS) is 17.2. The molecule has 26 heavy (non-hydrogen) atoms. The van der Waals surface area contributed by atoms with Crippen LogP contribution in [0.1, 0.15) is 5.56 Å². The minimum absolute atomic E-state index is 0.0961. The summed E-state index contributed by atoms with van der Waals surface area (Å²) in [5, 5.41) is 1.27. The highest BCUT2D eigenvalue weighted by atomic mass is 35.5. The van der Waals surface area contributed by atoms with Gasteiger partial charge in [0, 0.05) is 17.6 Å². The maximum absolute atomic E-state index is 12.6. The van der Waals surface area contributed by atoms with Crippen molar-refractivity contribution in [2.45, 2.75) is 0 Å². The Morgan fingerprint density at radius 1 is 1.23 bits per heavy atom. The number of carbonyl (C=O) groups is 1. The molecule has 1 aliphatic rings. The molecule has 1 heterocycles. The van der Waals surface area contributed by atoms with Gasteiger partial charge in [-0.25, -0.2) is 4.99 Å². The third kappa shape index (κ3) is 4.18. The Labute approximate surface area is 161 Å². The first kappa shape index (κ1) is 18.3. The van der Waals surface area contributed by atoms with Crippen LogP contribution in [0.5, 0.6) is 5.75 Å². The van der Waals surface area contributed by atoms with Gasteiger partial charge in [-0.05, 0) is 48.2 Å². The van der Waals surface area contributed by atoms with Gasteiger partial charge in [0.2, 0.25) is 0 Å². The summed E-state index contributed by atoms with van der Waals surface area (Å²) in [5.74, 6) is 0.611. The predicted molar refractivity (Wildman–Crippen MR) is 109 cm³/mol. The Morgan fingerprint density at radius 2 is 1.96 bits per heavy atom. The fourth-order valence-corrected chi connectivity index (χ4v) is 3.40. The summed E-state index contributed by atoms with van der Waals surface area (Å²) >= 11 is 7.23. The first-order valence-electron chi connectivity index (χ1n) is 7.93. The number of hydrogen-bond donors (Lipinski definition) is 0. The van der Waals surface area contributed by atoms with E-state index in [1.165, 1.54) is 16.7 Å². The van der Waals surface area contributed by atoms with Gasteiger partial charge in [-0.1, -0.05) is 42.5 Å². The summed E-state index contributed by atoms with van der Waals surface area (Å²) < 4.78 is 5.65. The smallest absolute Gasteiger partial charge is 0.266 e. The topological polar surface area (TPSA) is 41.9 Å². The van der Waals surface area contributed by atoms with Gasteiger partial charge in [0.25, 0.3) is 5.91 Å². The Balaban J connectivity index is 1.88. The number of halogens is 1. The lowest BCUT2D eigenvalue weighted by Gasteiger charge is -2.07. The van der Waals surface area contributed by atoms with Gasteiger partial charge in [0.1, 0.15) is 12.4 Å². The van der Waals surface area contributed by atoms with E-state index in [0.29, 0.717) is 27.5 Å². The largest absolute Gasteiger partial charge is 0.489 e. The second-order valence-corrected chi connectivity index (χ2v) is 6.93. The number of para-hydroxylation sites is 1. The molecule has 0 unspecified atom stereocenters. The zero-order chi connectivity index (χ0) is 18.5. The summed E-state index contributed by atoms with van der Waals surface area (Å²) in [5.41, 5.74) is 1.58. The second-order valence-electron chi connectivity index (χ2n) is 5.48. The first-order valence-corrected chi connectivity index (χ1v) is 9.12. The van der Waals surface area contributed by atoms with E-state index in [0.717, 1.165) is 11.3 Å². The van der Waals surface area contributed by atoms with Crippen LogP contribution in [-0.2, 0) is 4.79 Å². The lowest BCUT2D eigenvalue weighted by atomic mass is 10.2. The molecular formula is C20H17ClN2O2S. The zero-order valence-electron chi connectivity index (χ0n) is 14.2. The molecule has 0 aromatic heterocycles. The van der Waals surface area contributed by atoms with Crippen LogP contribution in [0.4, 0.5) is 5.69 Å². The zero-order valence-corrected chi connectivity index (χ0v) is 15.8. The molecular weight excluding hydrogens is 368 g/mol. The summed E-state index contributed by atoms with van der Waals surface area (Å²) in [4.78, 5) is 19.2. The van der Waals surface area contributed by atoms with Gasteiger partial charge in [0.15, 0.2) is 5.17 Å². The monoisotopic (exact) mass is 384 g/mol. The molecule has 0 aliphatic carbocycles. The van der Waals surface area contributed by atoms with E-state index in [2.05, 4.69) is 11.6 Å². The van der Waals surface area contributed by atoms with Crippen molar-refractivity contribution in [3.8, 4) is 5.75 Å². The molecule has 2 aromatic rings. The Bertz CT molecular complexity index is 891.